The van der Waals surface area contributed by atoms with E-state index < -0.39 is 0 Å². The molecular formula is C14H24N2O2. The van der Waals surface area contributed by atoms with Gasteiger partial charge in [-0.2, -0.15) is 0 Å². The molecule has 1 aromatic rings. The lowest BCUT2D eigenvalue weighted by atomic mass is 10.1. The number of furan rings is 1. The molecule has 0 aliphatic heterocycles. The highest BCUT2D eigenvalue weighted by atomic mass is 16.5. The van der Waals surface area contributed by atoms with E-state index in [0.29, 0.717) is 12.6 Å². The van der Waals surface area contributed by atoms with Crippen LogP contribution in [-0.2, 0) is 17.8 Å². The van der Waals surface area contributed by atoms with Gasteiger partial charge in [0.2, 0.25) is 0 Å². The molecule has 18 heavy (non-hydrogen) atoms. The summed E-state index contributed by atoms with van der Waals surface area (Å²) in [6.07, 6.45) is 4.44. The third-order valence-corrected chi connectivity index (χ3v) is 3.87. The van der Waals surface area contributed by atoms with Gasteiger partial charge in [-0.3, -0.25) is 4.90 Å². The average Bonchev–Trinajstić information content (AvgIpc) is 3.14. The molecule has 0 amide bonds. The minimum atomic E-state index is 0.543. The molecule has 1 saturated carbocycles. The van der Waals surface area contributed by atoms with Crippen molar-refractivity contribution in [2.75, 3.05) is 20.3 Å². The smallest absolute Gasteiger partial charge is 0.122 e. The lowest BCUT2D eigenvalue weighted by molar-refractivity contribution is 0.105. The van der Waals surface area contributed by atoms with Crippen molar-refractivity contribution in [1.29, 1.82) is 0 Å². The molecule has 0 radical (unpaired) electrons. The van der Waals surface area contributed by atoms with E-state index in [1.807, 2.05) is 6.07 Å². The largest absolute Gasteiger partial charge is 0.468 e. The van der Waals surface area contributed by atoms with Crippen molar-refractivity contribution in [2.24, 2.45) is 11.7 Å². The summed E-state index contributed by atoms with van der Waals surface area (Å²) in [5.74, 6) is 1.85. The van der Waals surface area contributed by atoms with E-state index in [-0.39, 0.29) is 0 Å². The highest BCUT2D eigenvalue weighted by Gasteiger charge is 2.32. The molecule has 1 fully saturated rings. The maximum absolute atomic E-state index is 5.72. The Morgan fingerprint density at radius 2 is 2.33 bits per heavy atom. The Labute approximate surface area is 109 Å². The van der Waals surface area contributed by atoms with Crippen molar-refractivity contribution in [2.45, 2.75) is 38.9 Å². The molecule has 1 aliphatic rings. The zero-order valence-corrected chi connectivity index (χ0v) is 11.4. The molecule has 1 atom stereocenters. The van der Waals surface area contributed by atoms with Crippen LogP contribution >= 0.6 is 0 Å². The van der Waals surface area contributed by atoms with Gasteiger partial charge in [-0.1, -0.05) is 0 Å². The van der Waals surface area contributed by atoms with E-state index in [0.717, 1.165) is 36.9 Å². The number of methoxy groups -OCH3 is 1. The topological polar surface area (TPSA) is 51.6 Å². The molecule has 0 spiro atoms. The van der Waals surface area contributed by atoms with Crippen LogP contribution in [0.2, 0.25) is 0 Å². The summed E-state index contributed by atoms with van der Waals surface area (Å²) < 4.78 is 10.8. The number of ether oxygens (including phenoxy) is 1. The molecule has 1 unspecified atom stereocenters. The molecule has 4 nitrogen and oxygen atoms in total. The molecule has 1 heterocycles. The van der Waals surface area contributed by atoms with Crippen LogP contribution in [0.3, 0.4) is 0 Å². The fraction of sp³-hybridized carbons (Fsp3) is 0.714. The second-order valence-electron chi connectivity index (χ2n) is 5.11. The monoisotopic (exact) mass is 252 g/mol. The molecule has 0 aromatic carbocycles. The van der Waals surface area contributed by atoms with E-state index in [9.17, 15) is 0 Å². The first kappa shape index (κ1) is 13.6. The number of hydrogen-bond donors (Lipinski definition) is 1. The summed E-state index contributed by atoms with van der Waals surface area (Å²) >= 11 is 0. The minimum absolute atomic E-state index is 0.543. The molecule has 4 heteroatoms. The highest BCUT2D eigenvalue weighted by Crippen LogP contribution is 2.35. The predicted molar refractivity (Wildman–Crippen MR) is 71.1 cm³/mol. The van der Waals surface area contributed by atoms with Crippen LogP contribution in [0.1, 0.15) is 31.1 Å². The van der Waals surface area contributed by atoms with Crippen molar-refractivity contribution >= 4 is 0 Å². The summed E-state index contributed by atoms with van der Waals surface area (Å²) in [7, 11) is 1.75. The highest BCUT2D eigenvalue weighted by molar-refractivity contribution is 5.16. The van der Waals surface area contributed by atoms with E-state index in [2.05, 4.69) is 11.8 Å². The zero-order valence-electron chi connectivity index (χ0n) is 11.4. The first-order valence-electron chi connectivity index (χ1n) is 6.74. The van der Waals surface area contributed by atoms with Crippen molar-refractivity contribution in [1.82, 2.24) is 4.90 Å². The minimum Gasteiger partial charge on any atom is -0.468 e. The Balaban J connectivity index is 1.99. The second kappa shape index (κ2) is 6.36. The van der Waals surface area contributed by atoms with Gasteiger partial charge in [0, 0.05) is 31.8 Å². The average molecular weight is 252 g/mol. The van der Waals surface area contributed by atoms with Crippen LogP contribution in [0.5, 0.6) is 0 Å². The van der Waals surface area contributed by atoms with Gasteiger partial charge < -0.3 is 14.9 Å². The maximum Gasteiger partial charge on any atom is 0.122 e. The molecule has 1 aliphatic carbocycles. The fourth-order valence-corrected chi connectivity index (χ4v) is 2.38. The summed E-state index contributed by atoms with van der Waals surface area (Å²) in [4.78, 5) is 2.44. The Bertz CT molecular complexity index is 360. The number of nitrogens with two attached hydrogens (primary N) is 1. The Hall–Kier alpha value is -0.840. The van der Waals surface area contributed by atoms with Gasteiger partial charge in [-0.15, -0.1) is 0 Å². The van der Waals surface area contributed by atoms with E-state index in [4.69, 9.17) is 14.9 Å². The molecule has 102 valence electrons. The van der Waals surface area contributed by atoms with Crippen LogP contribution < -0.4 is 5.73 Å². The third-order valence-electron chi connectivity index (χ3n) is 3.87. The molecule has 2 N–H and O–H groups in total. The Morgan fingerprint density at radius 1 is 1.56 bits per heavy atom. The van der Waals surface area contributed by atoms with Crippen LogP contribution in [0.15, 0.2) is 16.7 Å². The van der Waals surface area contributed by atoms with Crippen molar-refractivity contribution in [3.8, 4) is 0 Å². The van der Waals surface area contributed by atoms with Crippen molar-refractivity contribution in [3.63, 3.8) is 0 Å². The molecular weight excluding hydrogens is 228 g/mol. The van der Waals surface area contributed by atoms with Gasteiger partial charge in [0.05, 0.1) is 19.4 Å². The fourth-order valence-electron chi connectivity index (χ4n) is 2.38. The number of rotatable bonds is 8. The standard InChI is InChI=1S/C14H24N2O2/c1-11(12-3-4-12)16(6-8-17-2)10-14-13(9-15)5-7-18-14/h5,7,11-12H,3-4,6,8-10,15H2,1-2H3. The van der Waals surface area contributed by atoms with Crippen LogP contribution in [0, 0.1) is 5.92 Å². The lowest BCUT2D eigenvalue weighted by Gasteiger charge is -2.28. The quantitative estimate of drug-likeness (QED) is 0.768. The SMILES string of the molecule is COCCN(Cc1occc1CN)C(C)C1CC1. The van der Waals surface area contributed by atoms with E-state index >= 15 is 0 Å². The summed E-state index contributed by atoms with van der Waals surface area (Å²) in [5, 5.41) is 0. The van der Waals surface area contributed by atoms with Gasteiger partial charge in [0.1, 0.15) is 5.76 Å². The first-order valence-corrected chi connectivity index (χ1v) is 6.74. The van der Waals surface area contributed by atoms with Crippen LogP contribution in [0.25, 0.3) is 0 Å². The summed E-state index contributed by atoms with van der Waals surface area (Å²) in [5.41, 5.74) is 6.83. The van der Waals surface area contributed by atoms with Gasteiger partial charge in [-0.05, 0) is 31.7 Å². The second-order valence-corrected chi connectivity index (χ2v) is 5.11. The van der Waals surface area contributed by atoms with Gasteiger partial charge in [-0.25, -0.2) is 0 Å². The van der Waals surface area contributed by atoms with Gasteiger partial charge in [0.25, 0.3) is 0 Å². The van der Waals surface area contributed by atoms with Gasteiger partial charge >= 0.3 is 0 Å². The Kier molecular flexibility index (Phi) is 4.80. The first-order chi connectivity index (χ1) is 8.76. The van der Waals surface area contributed by atoms with Crippen molar-refractivity contribution in [3.05, 3.63) is 23.7 Å². The summed E-state index contributed by atoms with van der Waals surface area (Å²) in [6.45, 7) is 5.38. The third kappa shape index (κ3) is 3.34. The predicted octanol–water partition coefficient (Wildman–Crippen LogP) is 1.99. The zero-order chi connectivity index (χ0) is 13.0. The number of hydrogen-bond acceptors (Lipinski definition) is 4. The Morgan fingerprint density at radius 3 is 2.94 bits per heavy atom. The molecule has 1 aromatic heterocycles. The summed E-state index contributed by atoms with van der Waals surface area (Å²) in [6, 6.07) is 2.56. The molecule has 2 rings (SSSR count). The van der Waals surface area contributed by atoms with Crippen molar-refractivity contribution < 1.29 is 9.15 Å². The van der Waals surface area contributed by atoms with Gasteiger partial charge in [0.15, 0.2) is 0 Å². The maximum atomic E-state index is 5.72. The molecule has 0 bridgehead atoms. The number of nitrogens with zero attached hydrogens (tertiary/aromatic N) is 1. The molecule has 0 saturated heterocycles. The normalized spacial score (nSPS) is 17.3. The van der Waals surface area contributed by atoms with E-state index in [1.165, 1.54) is 12.8 Å². The van der Waals surface area contributed by atoms with E-state index in [1.54, 1.807) is 13.4 Å². The lowest BCUT2D eigenvalue weighted by Crippen LogP contribution is -2.36. The van der Waals surface area contributed by atoms with Crippen LogP contribution in [-0.4, -0.2) is 31.2 Å². The van der Waals surface area contributed by atoms with Crippen LogP contribution in [0.4, 0.5) is 0 Å².